The third-order valence-electron chi connectivity index (χ3n) is 7.04. The predicted molar refractivity (Wildman–Crippen MR) is 138 cm³/mol. The van der Waals surface area contributed by atoms with E-state index in [-0.39, 0.29) is 23.2 Å². The molecule has 1 fully saturated rings. The van der Waals surface area contributed by atoms with Crippen LogP contribution in [0.1, 0.15) is 47.6 Å². The number of pyridine rings is 1. The zero-order chi connectivity index (χ0) is 26.9. The van der Waals surface area contributed by atoms with Crippen LogP contribution in [-0.2, 0) is 0 Å². The Balaban J connectivity index is 1.38. The molecule has 9 nitrogen and oxygen atoms in total. The van der Waals surface area contributed by atoms with Gasteiger partial charge in [0, 0.05) is 12.1 Å². The second kappa shape index (κ2) is 10.1. The van der Waals surface area contributed by atoms with Gasteiger partial charge in [-0.2, -0.15) is 10.4 Å². The third-order valence-corrected chi connectivity index (χ3v) is 7.04. The molecular formula is C28H22F2N8O. The summed E-state index contributed by atoms with van der Waals surface area (Å²) >= 11 is 0. The van der Waals surface area contributed by atoms with Gasteiger partial charge in [-0.05, 0) is 62.1 Å². The van der Waals surface area contributed by atoms with Crippen LogP contribution < -0.4 is 5.32 Å². The first-order valence-electron chi connectivity index (χ1n) is 12.5. The van der Waals surface area contributed by atoms with Gasteiger partial charge in [-0.1, -0.05) is 12.1 Å². The lowest BCUT2D eigenvalue weighted by molar-refractivity contribution is 0.0920. The Bertz CT molecular complexity index is 1720. The maximum Gasteiger partial charge on any atom is 0.252 e. The molecule has 2 atom stereocenters. The van der Waals surface area contributed by atoms with Gasteiger partial charge >= 0.3 is 0 Å². The van der Waals surface area contributed by atoms with Crippen molar-refractivity contribution in [2.45, 2.75) is 37.8 Å². The molecule has 1 aliphatic rings. The zero-order valence-corrected chi connectivity index (χ0v) is 20.6. The number of aromatic nitrogens is 6. The number of hydrogen-bond acceptors (Lipinski definition) is 6. The van der Waals surface area contributed by atoms with Crippen molar-refractivity contribution in [2.24, 2.45) is 0 Å². The third kappa shape index (κ3) is 4.61. The second-order valence-electron chi connectivity index (χ2n) is 9.47. The van der Waals surface area contributed by atoms with E-state index in [9.17, 15) is 18.8 Å². The zero-order valence-electron chi connectivity index (χ0n) is 20.6. The molecule has 6 rings (SSSR count). The Morgan fingerprint density at radius 1 is 1.13 bits per heavy atom. The van der Waals surface area contributed by atoms with Crippen molar-refractivity contribution < 1.29 is 13.6 Å². The molecule has 11 heteroatoms. The Kier molecular flexibility index (Phi) is 6.28. The number of fused-ring (bicyclic) bond motifs is 1. The molecule has 3 aromatic heterocycles. The van der Waals surface area contributed by atoms with Crippen LogP contribution in [0.3, 0.4) is 0 Å². The van der Waals surface area contributed by atoms with Crippen LogP contribution in [0.15, 0.2) is 61.1 Å². The van der Waals surface area contributed by atoms with Crippen LogP contribution in [-0.4, -0.2) is 41.7 Å². The highest BCUT2D eigenvalue weighted by Crippen LogP contribution is 2.37. The molecular weight excluding hydrogens is 502 g/mol. The van der Waals surface area contributed by atoms with Gasteiger partial charge in [-0.25, -0.2) is 18.7 Å². The minimum Gasteiger partial charge on any atom is -0.349 e. The normalized spacial score (nSPS) is 17.2. The number of nitrogens with zero attached hydrogens (tertiary/aromatic N) is 6. The molecule has 0 radical (unpaired) electrons. The van der Waals surface area contributed by atoms with Crippen molar-refractivity contribution in [3.05, 3.63) is 83.8 Å². The van der Waals surface area contributed by atoms with Crippen molar-refractivity contribution in [1.29, 1.82) is 5.26 Å². The van der Waals surface area contributed by atoms with Crippen molar-refractivity contribution in [3.8, 4) is 29.0 Å². The van der Waals surface area contributed by atoms with Gasteiger partial charge in [0.25, 0.3) is 5.91 Å². The van der Waals surface area contributed by atoms with Crippen molar-refractivity contribution in [3.63, 3.8) is 0 Å². The van der Waals surface area contributed by atoms with Crippen LogP contribution >= 0.6 is 0 Å². The van der Waals surface area contributed by atoms with Crippen LogP contribution in [0.5, 0.6) is 0 Å². The van der Waals surface area contributed by atoms with Crippen molar-refractivity contribution in [2.75, 3.05) is 0 Å². The summed E-state index contributed by atoms with van der Waals surface area (Å²) in [4.78, 5) is 26.4. The number of rotatable bonds is 5. The summed E-state index contributed by atoms with van der Waals surface area (Å²) in [6.45, 7) is 0. The summed E-state index contributed by atoms with van der Waals surface area (Å²) in [7, 11) is 0. The van der Waals surface area contributed by atoms with Gasteiger partial charge < -0.3 is 9.88 Å². The highest BCUT2D eigenvalue weighted by Gasteiger charge is 2.29. The van der Waals surface area contributed by atoms with Crippen LogP contribution in [0.2, 0.25) is 0 Å². The molecule has 1 aliphatic carbocycles. The van der Waals surface area contributed by atoms with Gasteiger partial charge in [0.1, 0.15) is 35.0 Å². The number of H-pyrrole nitrogens is 1. The van der Waals surface area contributed by atoms with E-state index in [1.54, 1.807) is 24.4 Å². The summed E-state index contributed by atoms with van der Waals surface area (Å²) in [6, 6.07) is 13.4. The van der Waals surface area contributed by atoms with Crippen LogP contribution in [0.4, 0.5) is 8.78 Å². The fraction of sp³-hybridized carbons (Fsp3) is 0.214. The van der Waals surface area contributed by atoms with E-state index in [0.717, 1.165) is 30.5 Å². The quantitative estimate of drug-likeness (QED) is 0.335. The second-order valence-corrected chi connectivity index (χ2v) is 9.47. The topological polar surface area (TPSA) is 125 Å². The summed E-state index contributed by atoms with van der Waals surface area (Å²) in [5, 5.41) is 19.1. The average Bonchev–Trinajstić information content (AvgIpc) is 3.61. The highest BCUT2D eigenvalue weighted by molar-refractivity contribution is 5.96. The van der Waals surface area contributed by atoms with Gasteiger partial charge in [0.2, 0.25) is 0 Å². The first-order chi connectivity index (χ1) is 19.0. The molecule has 0 bridgehead atoms. The van der Waals surface area contributed by atoms with E-state index in [1.165, 1.54) is 18.5 Å². The summed E-state index contributed by atoms with van der Waals surface area (Å²) < 4.78 is 30.8. The Labute approximate surface area is 221 Å². The molecule has 0 saturated heterocycles. The van der Waals surface area contributed by atoms with Crippen LogP contribution in [0.25, 0.3) is 33.9 Å². The Morgan fingerprint density at radius 2 is 2.00 bits per heavy atom. The van der Waals surface area contributed by atoms with E-state index in [4.69, 9.17) is 4.98 Å². The number of imidazole rings is 1. The number of halogens is 2. The van der Waals surface area contributed by atoms with Crippen molar-refractivity contribution in [1.82, 2.24) is 35.0 Å². The number of benzene rings is 2. The first kappa shape index (κ1) is 24.4. The van der Waals surface area contributed by atoms with Gasteiger partial charge in [0.15, 0.2) is 5.82 Å². The highest BCUT2D eigenvalue weighted by atomic mass is 19.1. The molecule has 1 amide bonds. The predicted octanol–water partition coefficient (Wildman–Crippen LogP) is 4.95. The monoisotopic (exact) mass is 524 g/mol. The fourth-order valence-electron chi connectivity index (χ4n) is 5.25. The summed E-state index contributed by atoms with van der Waals surface area (Å²) in [5.74, 6) is -0.523. The van der Waals surface area contributed by atoms with E-state index in [2.05, 4.69) is 25.5 Å². The summed E-state index contributed by atoms with van der Waals surface area (Å²) in [6.07, 6.45) is 5.85. The van der Waals surface area contributed by atoms with Crippen molar-refractivity contribution >= 4 is 16.9 Å². The number of nitriles is 1. The van der Waals surface area contributed by atoms with E-state index < -0.39 is 17.5 Å². The Hall–Kier alpha value is -4.98. The molecule has 2 aromatic carbocycles. The van der Waals surface area contributed by atoms with Gasteiger partial charge in [0.05, 0.1) is 34.5 Å². The maximum absolute atomic E-state index is 15.0. The minimum atomic E-state index is -0.587. The van der Waals surface area contributed by atoms with E-state index in [1.807, 2.05) is 16.7 Å². The SMILES string of the molecule is N#Cc1ccc(F)cc1C(=O)N[C@H]1CCC[C@@H](n2c(-c3ccccc3F)nc3cnc(-c4ncn[nH]4)cc32)C1. The van der Waals surface area contributed by atoms with Crippen LogP contribution in [0, 0.1) is 23.0 Å². The molecule has 0 spiro atoms. The largest absolute Gasteiger partial charge is 0.349 e. The minimum absolute atomic E-state index is 0.00234. The molecule has 2 N–H and O–H groups in total. The molecule has 194 valence electrons. The number of aromatic amines is 1. The van der Waals surface area contributed by atoms with Gasteiger partial charge in [-0.15, -0.1) is 0 Å². The fourth-order valence-corrected chi connectivity index (χ4v) is 5.25. The van der Waals surface area contributed by atoms with E-state index in [0.29, 0.717) is 41.3 Å². The van der Waals surface area contributed by atoms with Gasteiger partial charge in [-0.3, -0.25) is 14.9 Å². The average molecular weight is 525 g/mol. The molecule has 0 unspecified atom stereocenters. The Morgan fingerprint density at radius 3 is 2.79 bits per heavy atom. The lowest BCUT2D eigenvalue weighted by Crippen LogP contribution is -2.39. The molecule has 0 aliphatic heterocycles. The molecule has 39 heavy (non-hydrogen) atoms. The molecule has 1 saturated carbocycles. The lowest BCUT2D eigenvalue weighted by atomic mass is 9.90. The standard InChI is InChI=1S/C28H22F2N8O/c29-17-9-8-16(13-31)21(10-17)28(39)35-18-4-3-5-19(11-18)38-25-12-23(26-33-15-34-37-26)32-14-24(25)36-27(38)20-6-1-2-7-22(20)30/h1-2,6-10,12,14-15,18-19H,3-5,11H2,(H,35,39)(H,33,34,37)/t18-,19+/m0/s1. The first-order valence-corrected chi connectivity index (χ1v) is 12.5. The van der Waals surface area contributed by atoms with E-state index >= 15 is 0 Å². The molecule has 5 aromatic rings. The number of hydrogen-bond donors (Lipinski definition) is 2. The lowest BCUT2D eigenvalue weighted by Gasteiger charge is -2.32. The number of carbonyl (C=O) groups is 1. The number of carbonyl (C=O) groups excluding carboxylic acids is 1. The number of nitrogens with one attached hydrogen (secondary N) is 2. The summed E-state index contributed by atoms with van der Waals surface area (Å²) in [5.41, 5.74) is 2.39. The molecule has 3 heterocycles. The maximum atomic E-state index is 15.0. The smallest absolute Gasteiger partial charge is 0.252 e. The number of amides is 1.